The maximum atomic E-state index is 11.9. The smallest absolute Gasteiger partial charge is 0.325 e. The number of nitrogens with one attached hydrogen (secondary N) is 1. The summed E-state index contributed by atoms with van der Waals surface area (Å²) in [5, 5.41) is 12.2. The van der Waals surface area contributed by atoms with Gasteiger partial charge in [-0.15, -0.1) is 0 Å². The fourth-order valence-corrected chi connectivity index (χ4v) is 2.36. The zero-order valence-electron chi connectivity index (χ0n) is 10.8. The van der Waals surface area contributed by atoms with Crippen LogP contribution in [-0.2, 0) is 9.59 Å². The van der Waals surface area contributed by atoms with Crippen molar-refractivity contribution in [1.82, 2.24) is 4.90 Å². The van der Waals surface area contributed by atoms with Crippen LogP contribution < -0.4 is 11.1 Å². The van der Waals surface area contributed by atoms with E-state index in [-0.39, 0.29) is 19.0 Å². The first kappa shape index (κ1) is 14.8. The molecule has 1 saturated heterocycles. The third-order valence-corrected chi connectivity index (χ3v) is 3.65. The summed E-state index contributed by atoms with van der Waals surface area (Å²) in [6.45, 7) is 0.745. The topological polar surface area (TPSA) is 95.7 Å². The zero-order chi connectivity index (χ0) is 14.8. The number of para-hydroxylation sites is 1. The molecule has 0 aromatic heterocycles. The Bertz CT molecular complexity index is 537. The van der Waals surface area contributed by atoms with Gasteiger partial charge in [0.1, 0.15) is 5.54 Å². The van der Waals surface area contributed by atoms with E-state index >= 15 is 0 Å². The molecule has 4 N–H and O–H groups in total. The number of halogens is 1. The number of carboxylic acids is 1. The highest BCUT2D eigenvalue weighted by Gasteiger charge is 2.41. The first-order valence-electron chi connectivity index (χ1n) is 6.20. The number of nitrogens with zero attached hydrogens (tertiary/aromatic N) is 1. The number of carboxylic acid groups (broad SMARTS) is 1. The minimum Gasteiger partial charge on any atom is -0.480 e. The molecule has 0 bridgehead atoms. The number of hydrogen-bond acceptors (Lipinski definition) is 4. The van der Waals surface area contributed by atoms with Crippen molar-refractivity contribution in [2.24, 2.45) is 5.73 Å². The normalized spacial score (nSPS) is 22.7. The molecule has 1 unspecified atom stereocenters. The molecule has 0 spiro atoms. The SMILES string of the molecule is NC1(C(=O)O)CCN(CC(=O)Nc2ccccc2Cl)C1. The van der Waals surface area contributed by atoms with E-state index in [1.165, 1.54) is 0 Å². The molecule has 1 aliphatic heterocycles. The summed E-state index contributed by atoms with van der Waals surface area (Å²) < 4.78 is 0. The van der Waals surface area contributed by atoms with Crippen molar-refractivity contribution in [2.75, 3.05) is 25.0 Å². The van der Waals surface area contributed by atoms with Crippen molar-refractivity contribution < 1.29 is 14.7 Å². The number of benzene rings is 1. The van der Waals surface area contributed by atoms with Gasteiger partial charge in [-0.1, -0.05) is 23.7 Å². The van der Waals surface area contributed by atoms with Crippen LogP contribution in [0.3, 0.4) is 0 Å². The van der Waals surface area contributed by atoms with E-state index in [0.717, 1.165) is 0 Å². The van der Waals surface area contributed by atoms with Crippen LogP contribution in [0.5, 0.6) is 0 Å². The molecular weight excluding hydrogens is 282 g/mol. The van der Waals surface area contributed by atoms with Gasteiger partial charge in [0.25, 0.3) is 0 Å². The summed E-state index contributed by atoms with van der Waals surface area (Å²) in [5.74, 6) is -1.28. The molecule has 0 saturated carbocycles. The highest BCUT2D eigenvalue weighted by molar-refractivity contribution is 6.33. The molecule has 1 heterocycles. The second-order valence-electron chi connectivity index (χ2n) is 4.95. The summed E-state index contributed by atoms with van der Waals surface area (Å²) in [7, 11) is 0. The van der Waals surface area contributed by atoms with Gasteiger partial charge in [0.2, 0.25) is 5.91 Å². The van der Waals surface area contributed by atoms with Gasteiger partial charge in [0, 0.05) is 13.1 Å². The molecule has 20 heavy (non-hydrogen) atoms. The monoisotopic (exact) mass is 297 g/mol. The van der Waals surface area contributed by atoms with Gasteiger partial charge in [-0.05, 0) is 18.6 Å². The molecule has 0 radical (unpaired) electrons. The van der Waals surface area contributed by atoms with Crippen LogP contribution in [0.1, 0.15) is 6.42 Å². The van der Waals surface area contributed by atoms with Gasteiger partial charge in [-0.2, -0.15) is 0 Å². The minimum atomic E-state index is -1.26. The highest BCUT2D eigenvalue weighted by atomic mass is 35.5. The number of hydrogen-bond donors (Lipinski definition) is 3. The van der Waals surface area contributed by atoms with E-state index in [1.54, 1.807) is 29.2 Å². The average molecular weight is 298 g/mol. The fraction of sp³-hybridized carbons (Fsp3) is 0.385. The Morgan fingerprint density at radius 1 is 1.45 bits per heavy atom. The number of anilines is 1. The summed E-state index contributed by atoms with van der Waals surface area (Å²) in [4.78, 5) is 24.6. The predicted molar refractivity (Wildman–Crippen MR) is 75.7 cm³/mol. The van der Waals surface area contributed by atoms with Crippen LogP contribution in [0.4, 0.5) is 5.69 Å². The Kier molecular flexibility index (Phi) is 4.27. The van der Waals surface area contributed by atoms with E-state index in [4.69, 9.17) is 22.4 Å². The molecule has 2 rings (SSSR count). The van der Waals surface area contributed by atoms with Crippen molar-refractivity contribution in [3.63, 3.8) is 0 Å². The Hall–Kier alpha value is -1.63. The van der Waals surface area contributed by atoms with Gasteiger partial charge in [-0.25, -0.2) is 0 Å². The number of carbonyl (C=O) groups is 2. The predicted octanol–water partition coefficient (Wildman–Crippen LogP) is 0.766. The van der Waals surface area contributed by atoms with Crippen LogP contribution in [0.15, 0.2) is 24.3 Å². The summed E-state index contributed by atoms with van der Waals surface area (Å²) in [5.41, 5.74) is 5.03. The third-order valence-electron chi connectivity index (χ3n) is 3.32. The molecular formula is C13H16ClN3O3. The van der Waals surface area contributed by atoms with E-state index in [9.17, 15) is 9.59 Å². The van der Waals surface area contributed by atoms with Crippen molar-refractivity contribution in [1.29, 1.82) is 0 Å². The van der Waals surface area contributed by atoms with E-state index in [1.807, 2.05) is 0 Å². The lowest BCUT2D eigenvalue weighted by Crippen LogP contribution is -2.50. The van der Waals surface area contributed by atoms with Gasteiger partial charge in [0.05, 0.1) is 17.3 Å². The lowest BCUT2D eigenvalue weighted by molar-refractivity contribution is -0.143. The number of nitrogens with two attached hydrogens (primary N) is 1. The molecule has 1 atom stereocenters. The van der Waals surface area contributed by atoms with Gasteiger partial charge >= 0.3 is 5.97 Å². The van der Waals surface area contributed by atoms with Crippen LogP contribution in [0.2, 0.25) is 5.02 Å². The Balaban J connectivity index is 1.91. The number of aliphatic carboxylic acids is 1. The number of rotatable bonds is 4. The minimum absolute atomic E-state index is 0.0947. The molecule has 1 aromatic carbocycles. The van der Waals surface area contributed by atoms with Gasteiger partial charge < -0.3 is 16.2 Å². The molecule has 0 aliphatic carbocycles. The van der Waals surface area contributed by atoms with Crippen molar-refractivity contribution in [2.45, 2.75) is 12.0 Å². The Morgan fingerprint density at radius 3 is 2.75 bits per heavy atom. The van der Waals surface area contributed by atoms with Crippen LogP contribution in [-0.4, -0.2) is 47.1 Å². The average Bonchev–Trinajstić information content (AvgIpc) is 2.75. The van der Waals surface area contributed by atoms with Crippen molar-refractivity contribution in [3.8, 4) is 0 Å². The maximum absolute atomic E-state index is 11.9. The molecule has 1 aliphatic rings. The maximum Gasteiger partial charge on any atom is 0.325 e. The highest BCUT2D eigenvalue weighted by Crippen LogP contribution is 2.21. The van der Waals surface area contributed by atoms with E-state index in [0.29, 0.717) is 23.7 Å². The largest absolute Gasteiger partial charge is 0.480 e. The van der Waals surface area contributed by atoms with Crippen LogP contribution in [0.25, 0.3) is 0 Å². The third kappa shape index (κ3) is 3.27. The first-order valence-corrected chi connectivity index (χ1v) is 6.57. The second kappa shape index (κ2) is 5.78. The molecule has 108 valence electrons. The van der Waals surface area contributed by atoms with E-state index < -0.39 is 11.5 Å². The molecule has 1 fully saturated rings. The summed E-state index contributed by atoms with van der Waals surface area (Å²) in [6, 6.07) is 6.93. The van der Waals surface area contributed by atoms with Crippen LogP contribution >= 0.6 is 11.6 Å². The Morgan fingerprint density at radius 2 is 2.15 bits per heavy atom. The lowest BCUT2D eigenvalue weighted by Gasteiger charge is -2.19. The fourth-order valence-electron chi connectivity index (χ4n) is 2.18. The molecule has 7 heteroatoms. The second-order valence-corrected chi connectivity index (χ2v) is 5.36. The van der Waals surface area contributed by atoms with Gasteiger partial charge in [0.15, 0.2) is 0 Å². The molecule has 1 aromatic rings. The summed E-state index contributed by atoms with van der Waals surface area (Å²) in [6.07, 6.45) is 0.335. The summed E-state index contributed by atoms with van der Waals surface area (Å²) >= 11 is 5.95. The molecule has 6 nitrogen and oxygen atoms in total. The molecule has 1 amide bonds. The first-order chi connectivity index (χ1) is 9.40. The van der Waals surface area contributed by atoms with Gasteiger partial charge in [-0.3, -0.25) is 14.5 Å². The zero-order valence-corrected chi connectivity index (χ0v) is 11.6. The standard InChI is InChI=1S/C13H16ClN3O3/c14-9-3-1-2-4-10(9)16-11(18)7-17-6-5-13(15,8-17)12(19)20/h1-4H,5-8,15H2,(H,16,18)(H,19,20). The van der Waals surface area contributed by atoms with Crippen molar-refractivity contribution >= 4 is 29.2 Å². The number of amides is 1. The number of carbonyl (C=O) groups excluding carboxylic acids is 1. The Labute approximate surface area is 121 Å². The van der Waals surface area contributed by atoms with E-state index in [2.05, 4.69) is 5.32 Å². The lowest BCUT2D eigenvalue weighted by atomic mass is 10.0. The number of likely N-dealkylation sites (tertiary alicyclic amines) is 1. The quantitative estimate of drug-likeness (QED) is 0.763. The van der Waals surface area contributed by atoms with Crippen LogP contribution in [0, 0.1) is 0 Å². The van der Waals surface area contributed by atoms with Crippen molar-refractivity contribution in [3.05, 3.63) is 29.3 Å².